The van der Waals surface area contributed by atoms with E-state index in [4.69, 9.17) is 9.47 Å². The molecule has 158 valence electrons. The molecule has 0 saturated heterocycles. The molecule has 4 aromatic rings. The highest BCUT2D eigenvalue weighted by Crippen LogP contribution is 2.40. The minimum Gasteiger partial charge on any atom is -0.464 e. The van der Waals surface area contributed by atoms with E-state index in [1.807, 2.05) is 75.4 Å². The van der Waals surface area contributed by atoms with E-state index in [0.29, 0.717) is 22.3 Å². The lowest BCUT2D eigenvalue weighted by Gasteiger charge is -2.20. The van der Waals surface area contributed by atoms with Crippen molar-refractivity contribution in [3.8, 4) is 11.1 Å². The molecule has 0 saturated carbocycles. The van der Waals surface area contributed by atoms with Gasteiger partial charge in [0.15, 0.2) is 5.69 Å². The van der Waals surface area contributed by atoms with E-state index >= 15 is 0 Å². The molecule has 2 heterocycles. The van der Waals surface area contributed by atoms with Crippen molar-refractivity contribution in [3.63, 3.8) is 0 Å². The second-order valence-electron chi connectivity index (χ2n) is 8.33. The van der Waals surface area contributed by atoms with Gasteiger partial charge in [0, 0.05) is 16.3 Å². The molecule has 0 aliphatic heterocycles. The maximum atomic E-state index is 13.2. The fourth-order valence-electron chi connectivity index (χ4n) is 3.86. The van der Waals surface area contributed by atoms with Crippen molar-refractivity contribution < 1.29 is 19.1 Å². The van der Waals surface area contributed by atoms with E-state index in [-0.39, 0.29) is 5.69 Å². The van der Waals surface area contributed by atoms with Crippen molar-refractivity contribution in [2.24, 2.45) is 0 Å². The fraction of sp³-hybridized carbons (Fsp3) is 0.240. The third-order valence-corrected chi connectivity index (χ3v) is 5.00. The highest BCUT2D eigenvalue weighted by molar-refractivity contribution is 6.21. The topological polar surface area (TPSA) is 70.4 Å². The summed E-state index contributed by atoms with van der Waals surface area (Å²) in [5.41, 5.74) is 2.84. The molecule has 0 fully saturated rings. The van der Waals surface area contributed by atoms with E-state index in [9.17, 15) is 9.59 Å². The molecule has 6 heteroatoms. The molecular weight excluding hydrogens is 392 g/mol. The first kappa shape index (κ1) is 20.6. The second kappa shape index (κ2) is 7.54. The van der Waals surface area contributed by atoms with Crippen molar-refractivity contribution in [1.29, 1.82) is 0 Å². The summed E-state index contributed by atoms with van der Waals surface area (Å²) in [7, 11) is 1.34. The van der Waals surface area contributed by atoms with Crippen molar-refractivity contribution >= 4 is 33.9 Å². The second-order valence-corrected chi connectivity index (χ2v) is 8.33. The largest absolute Gasteiger partial charge is 0.464 e. The van der Waals surface area contributed by atoms with Crippen LogP contribution in [0, 0.1) is 6.92 Å². The number of carbonyl (C=O) groups excluding carboxylic acids is 2. The summed E-state index contributed by atoms with van der Waals surface area (Å²) in [6.07, 6.45) is -0.492. The number of rotatable bonds is 2. The summed E-state index contributed by atoms with van der Waals surface area (Å²) in [5, 5.41) is 1.60. The van der Waals surface area contributed by atoms with Gasteiger partial charge in [-0.25, -0.2) is 19.1 Å². The van der Waals surface area contributed by atoms with Crippen LogP contribution >= 0.6 is 0 Å². The summed E-state index contributed by atoms with van der Waals surface area (Å²) < 4.78 is 12.3. The monoisotopic (exact) mass is 416 g/mol. The van der Waals surface area contributed by atoms with Crippen LogP contribution in [0.1, 0.15) is 37.0 Å². The van der Waals surface area contributed by atoms with Crippen LogP contribution in [0.25, 0.3) is 32.9 Å². The maximum Gasteiger partial charge on any atom is 0.419 e. The number of esters is 1. The van der Waals surface area contributed by atoms with Crippen LogP contribution in [0.4, 0.5) is 4.79 Å². The number of para-hydroxylation sites is 1. The van der Waals surface area contributed by atoms with Gasteiger partial charge in [-0.1, -0.05) is 48.5 Å². The molecule has 0 unspecified atom stereocenters. The van der Waals surface area contributed by atoms with Crippen LogP contribution in [0.5, 0.6) is 0 Å². The maximum absolute atomic E-state index is 13.2. The number of aromatic nitrogens is 2. The number of hydrogen-bond acceptors (Lipinski definition) is 5. The molecule has 2 aromatic carbocycles. The third-order valence-electron chi connectivity index (χ3n) is 5.00. The quantitative estimate of drug-likeness (QED) is 0.390. The van der Waals surface area contributed by atoms with Gasteiger partial charge in [0.1, 0.15) is 5.60 Å². The van der Waals surface area contributed by atoms with Gasteiger partial charge >= 0.3 is 12.1 Å². The van der Waals surface area contributed by atoms with E-state index in [1.54, 1.807) is 11.5 Å². The minimum atomic E-state index is -0.662. The van der Waals surface area contributed by atoms with Gasteiger partial charge < -0.3 is 9.47 Å². The van der Waals surface area contributed by atoms with Crippen LogP contribution in [0.2, 0.25) is 0 Å². The number of methoxy groups -OCH3 is 1. The summed E-state index contributed by atoms with van der Waals surface area (Å²) in [6.45, 7) is 7.27. The molecule has 0 aliphatic rings. The van der Waals surface area contributed by atoms with Crippen LogP contribution in [-0.4, -0.2) is 34.3 Å². The minimum absolute atomic E-state index is 0.214. The average Bonchev–Trinajstić information content (AvgIpc) is 3.08. The van der Waals surface area contributed by atoms with E-state index in [2.05, 4.69) is 4.98 Å². The predicted octanol–water partition coefficient (Wildman–Crippen LogP) is 5.73. The molecule has 0 radical (unpaired) electrons. The normalized spacial score (nSPS) is 11.6. The van der Waals surface area contributed by atoms with Crippen LogP contribution in [-0.2, 0) is 9.47 Å². The third kappa shape index (κ3) is 3.54. The number of carbonyl (C=O) groups is 2. The fourth-order valence-corrected chi connectivity index (χ4v) is 3.86. The Hall–Kier alpha value is -3.67. The lowest BCUT2D eigenvalue weighted by molar-refractivity contribution is 0.0550. The van der Waals surface area contributed by atoms with Crippen molar-refractivity contribution in [3.05, 3.63) is 66.0 Å². The number of nitrogens with zero attached hydrogens (tertiary/aromatic N) is 2. The first-order valence-electron chi connectivity index (χ1n) is 10.0. The Morgan fingerprint density at radius 2 is 1.61 bits per heavy atom. The van der Waals surface area contributed by atoms with E-state index in [1.165, 1.54) is 7.11 Å². The number of pyridine rings is 1. The first-order chi connectivity index (χ1) is 14.7. The molecule has 2 aromatic heterocycles. The number of ether oxygens (including phenoxy) is 2. The number of aryl methyl sites for hydroxylation is 1. The zero-order valence-corrected chi connectivity index (χ0v) is 18.2. The van der Waals surface area contributed by atoms with Crippen molar-refractivity contribution in [2.45, 2.75) is 33.3 Å². The van der Waals surface area contributed by atoms with Gasteiger partial charge in [-0.3, -0.25) is 0 Å². The van der Waals surface area contributed by atoms with Crippen molar-refractivity contribution in [1.82, 2.24) is 9.55 Å². The standard InChI is InChI=1S/C25H24N2O4/c1-15-22-20(19(16-11-7-6-8-12-16)21(26-15)23(28)30-5)17-13-9-10-14-18(17)27(22)24(29)31-25(2,3)4/h6-14H,1-5H3. The van der Waals surface area contributed by atoms with Gasteiger partial charge in [0.2, 0.25) is 0 Å². The molecular formula is C25H24N2O4. The average molecular weight is 416 g/mol. The molecule has 0 bridgehead atoms. The molecule has 0 aliphatic carbocycles. The van der Waals surface area contributed by atoms with Crippen molar-refractivity contribution in [2.75, 3.05) is 7.11 Å². The zero-order valence-electron chi connectivity index (χ0n) is 18.2. The Morgan fingerprint density at radius 3 is 2.26 bits per heavy atom. The van der Waals surface area contributed by atoms with Gasteiger partial charge in [0.25, 0.3) is 0 Å². The number of fused-ring (bicyclic) bond motifs is 3. The Labute approximate surface area is 180 Å². The molecule has 0 N–H and O–H groups in total. The van der Waals surface area contributed by atoms with E-state index in [0.717, 1.165) is 16.3 Å². The number of benzene rings is 2. The Morgan fingerprint density at radius 1 is 0.968 bits per heavy atom. The molecule has 6 nitrogen and oxygen atoms in total. The molecule has 0 atom stereocenters. The lowest BCUT2D eigenvalue weighted by Crippen LogP contribution is -2.27. The Kier molecular flexibility index (Phi) is 5.01. The van der Waals surface area contributed by atoms with Gasteiger partial charge in [-0.05, 0) is 39.3 Å². The number of hydrogen-bond donors (Lipinski definition) is 0. The molecule has 0 amide bonds. The lowest BCUT2D eigenvalue weighted by atomic mass is 9.97. The summed E-state index contributed by atoms with van der Waals surface area (Å²) in [5.74, 6) is -0.530. The highest BCUT2D eigenvalue weighted by atomic mass is 16.6. The Balaban J connectivity index is 2.20. The molecule has 31 heavy (non-hydrogen) atoms. The first-order valence-corrected chi connectivity index (χ1v) is 10.0. The molecule has 4 rings (SSSR count). The molecule has 0 spiro atoms. The summed E-state index contributed by atoms with van der Waals surface area (Å²) in [6, 6.07) is 17.1. The summed E-state index contributed by atoms with van der Waals surface area (Å²) >= 11 is 0. The Bertz CT molecular complexity index is 1310. The smallest absolute Gasteiger partial charge is 0.419 e. The highest BCUT2D eigenvalue weighted by Gasteiger charge is 2.28. The SMILES string of the molecule is COC(=O)c1nc(C)c2c(c1-c1ccccc1)c1ccccc1n2C(=O)OC(C)(C)C. The van der Waals surface area contributed by atoms with Crippen LogP contribution < -0.4 is 0 Å². The van der Waals surface area contributed by atoms with E-state index < -0.39 is 17.7 Å². The van der Waals surface area contributed by atoms with Gasteiger partial charge in [-0.15, -0.1) is 0 Å². The summed E-state index contributed by atoms with van der Waals surface area (Å²) in [4.78, 5) is 30.5. The van der Waals surface area contributed by atoms with Crippen LogP contribution in [0.15, 0.2) is 54.6 Å². The zero-order chi connectivity index (χ0) is 22.3. The van der Waals surface area contributed by atoms with Crippen LogP contribution in [0.3, 0.4) is 0 Å². The predicted molar refractivity (Wildman–Crippen MR) is 120 cm³/mol. The van der Waals surface area contributed by atoms with Gasteiger partial charge in [-0.2, -0.15) is 0 Å². The van der Waals surface area contributed by atoms with Gasteiger partial charge in [0.05, 0.1) is 23.8 Å².